The highest BCUT2D eigenvalue weighted by molar-refractivity contribution is 7.90. The summed E-state index contributed by atoms with van der Waals surface area (Å²) in [7, 11) is 0. The zero-order valence-electron chi connectivity index (χ0n) is 10.2. The maximum absolute atomic E-state index is 13.5. The van der Waals surface area contributed by atoms with Gasteiger partial charge in [0.15, 0.2) is 0 Å². The third-order valence-electron chi connectivity index (χ3n) is 2.18. The van der Waals surface area contributed by atoms with Crippen molar-refractivity contribution in [1.82, 2.24) is 0 Å². The molecule has 0 unspecified atom stereocenters. The van der Waals surface area contributed by atoms with Gasteiger partial charge in [0.05, 0.1) is 22.0 Å². The van der Waals surface area contributed by atoms with Gasteiger partial charge in [-0.1, -0.05) is 4.40 Å². The van der Waals surface area contributed by atoms with Crippen LogP contribution in [0.3, 0.4) is 0 Å². The van der Waals surface area contributed by atoms with Crippen LogP contribution in [0, 0.1) is 15.9 Å². The average Bonchev–Trinajstić information content (AvgIpc) is 2.28. The highest BCUT2D eigenvalue weighted by atomic mass is 32.2. The van der Waals surface area contributed by atoms with Gasteiger partial charge in [-0.25, -0.2) is 4.39 Å². The summed E-state index contributed by atoms with van der Waals surface area (Å²) in [6.07, 6.45) is 0. The van der Waals surface area contributed by atoms with Crippen molar-refractivity contribution in [2.75, 3.05) is 0 Å². The molecule has 0 saturated carbocycles. The summed E-state index contributed by atoms with van der Waals surface area (Å²) in [5, 5.41) is 10.4. The Bertz CT molecular complexity index is 491. The van der Waals surface area contributed by atoms with Gasteiger partial charge < -0.3 is 4.55 Å². The molecule has 0 spiro atoms. The summed E-state index contributed by atoms with van der Waals surface area (Å²) < 4.78 is 28.9. The first-order chi connectivity index (χ1) is 8.32. The number of hydrogen-bond acceptors (Lipinski definition) is 4. The van der Waals surface area contributed by atoms with Gasteiger partial charge in [-0.15, -0.1) is 0 Å². The highest BCUT2D eigenvalue weighted by Gasteiger charge is 2.17. The van der Waals surface area contributed by atoms with Crippen LogP contribution in [-0.2, 0) is 11.4 Å². The normalized spacial score (nSPS) is 13.8. The van der Waals surface area contributed by atoms with Crippen LogP contribution in [0.2, 0.25) is 0 Å². The van der Waals surface area contributed by atoms with Crippen molar-refractivity contribution in [3.8, 4) is 0 Å². The number of benzene rings is 1. The lowest BCUT2D eigenvalue weighted by Gasteiger charge is -2.08. The van der Waals surface area contributed by atoms with Crippen LogP contribution in [-0.4, -0.2) is 20.4 Å². The first-order valence-electron chi connectivity index (χ1n) is 5.23. The molecule has 1 aromatic rings. The summed E-state index contributed by atoms with van der Waals surface area (Å²) in [5.41, 5.74) is -0.0438. The Morgan fingerprint density at radius 1 is 1.50 bits per heavy atom. The first-order valence-corrected chi connectivity index (χ1v) is 6.40. The lowest BCUT2D eigenvalue weighted by molar-refractivity contribution is -0.384. The van der Waals surface area contributed by atoms with E-state index < -0.39 is 22.1 Å². The Balaban J connectivity index is 3.15. The zero-order chi connectivity index (χ0) is 13.9. The number of nitrogens with zero attached hydrogens (tertiary/aromatic N) is 2. The van der Waals surface area contributed by atoms with E-state index in [-0.39, 0.29) is 22.2 Å². The largest absolute Gasteiger partial charge is 0.591 e. The van der Waals surface area contributed by atoms with Gasteiger partial charge in [0.2, 0.25) is 0 Å². The predicted octanol–water partition coefficient (Wildman–Crippen LogP) is 2.62. The van der Waals surface area contributed by atoms with Crippen LogP contribution >= 0.6 is 0 Å². The second kappa shape index (κ2) is 5.92. The molecule has 1 aromatic carbocycles. The van der Waals surface area contributed by atoms with E-state index in [1.807, 2.05) is 0 Å². The molecule has 0 heterocycles. The van der Waals surface area contributed by atoms with Crippen molar-refractivity contribution < 1.29 is 13.9 Å². The van der Waals surface area contributed by atoms with Crippen LogP contribution in [0.1, 0.15) is 26.3 Å². The Morgan fingerprint density at radius 3 is 2.61 bits per heavy atom. The van der Waals surface area contributed by atoms with Gasteiger partial charge in [-0.05, 0) is 26.8 Å². The monoisotopic (exact) mass is 272 g/mol. The molecule has 7 heteroatoms. The smallest absolute Gasteiger partial charge is 0.270 e. The lowest BCUT2D eigenvalue weighted by Crippen LogP contribution is -2.13. The van der Waals surface area contributed by atoms with E-state index in [0.717, 1.165) is 18.2 Å². The van der Waals surface area contributed by atoms with E-state index in [0.29, 0.717) is 0 Å². The summed E-state index contributed by atoms with van der Waals surface area (Å²) in [6.45, 7) is 4.91. The maximum atomic E-state index is 13.5. The molecular formula is C11H13FN2O3S. The molecule has 0 fully saturated rings. The van der Waals surface area contributed by atoms with Gasteiger partial charge in [-0.2, -0.15) is 0 Å². The quantitative estimate of drug-likeness (QED) is 0.366. The van der Waals surface area contributed by atoms with Gasteiger partial charge >= 0.3 is 0 Å². The first kappa shape index (κ1) is 14.6. The lowest BCUT2D eigenvalue weighted by atomic mass is 10.1. The molecule has 1 rings (SSSR count). The van der Waals surface area contributed by atoms with Crippen molar-refractivity contribution in [2.24, 2.45) is 4.40 Å². The number of nitro benzene ring substituents is 1. The van der Waals surface area contributed by atoms with Gasteiger partial charge in [-0.3, -0.25) is 10.1 Å². The standard InChI is InChI=1S/C11H13FN2O3S/c1-7(2)18(17)13-8(3)10-6-9(14(15)16)4-5-11(10)12/h4-7H,1-3H3/b13-8+/t18-/m1/s1. The van der Waals surface area contributed by atoms with E-state index in [2.05, 4.69) is 4.40 Å². The molecule has 18 heavy (non-hydrogen) atoms. The van der Waals surface area contributed by atoms with Crippen molar-refractivity contribution in [2.45, 2.75) is 26.0 Å². The molecule has 0 amide bonds. The van der Waals surface area contributed by atoms with Gasteiger partial charge in [0.25, 0.3) is 5.69 Å². The van der Waals surface area contributed by atoms with Crippen molar-refractivity contribution >= 4 is 22.8 Å². The molecule has 0 aliphatic carbocycles. The van der Waals surface area contributed by atoms with Gasteiger partial charge in [0, 0.05) is 17.7 Å². The SMILES string of the molecule is C/C(=N\[S@+]([O-])C(C)C)c1cc([N+](=O)[O-])ccc1F. The molecule has 98 valence electrons. The third-order valence-corrected chi connectivity index (χ3v) is 3.44. The van der Waals surface area contributed by atoms with Gasteiger partial charge in [0.1, 0.15) is 11.1 Å². The molecule has 0 bridgehead atoms. The van der Waals surface area contributed by atoms with Crippen molar-refractivity contribution in [3.63, 3.8) is 0 Å². The minimum atomic E-state index is -1.48. The number of nitro groups is 1. The summed E-state index contributed by atoms with van der Waals surface area (Å²) in [5.74, 6) is -0.623. The molecule has 0 aliphatic rings. The average molecular weight is 272 g/mol. The maximum Gasteiger partial charge on any atom is 0.270 e. The van der Waals surface area contributed by atoms with E-state index in [9.17, 15) is 19.1 Å². The van der Waals surface area contributed by atoms with E-state index in [4.69, 9.17) is 0 Å². The van der Waals surface area contributed by atoms with Crippen LogP contribution in [0.4, 0.5) is 10.1 Å². The molecule has 0 aromatic heterocycles. The molecular weight excluding hydrogens is 259 g/mol. The second-order valence-corrected chi connectivity index (χ2v) is 5.60. The summed E-state index contributed by atoms with van der Waals surface area (Å²) in [6, 6.07) is 3.17. The molecule has 5 nitrogen and oxygen atoms in total. The zero-order valence-corrected chi connectivity index (χ0v) is 11.0. The van der Waals surface area contributed by atoms with Crippen molar-refractivity contribution in [3.05, 3.63) is 39.7 Å². The Labute approximate surface area is 107 Å². The summed E-state index contributed by atoms with van der Waals surface area (Å²) >= 11 is -1.48. The van der Waals surface area contributed by atoms with E-state index in [1.54, 1.807) is 13.8 Å². The Morgan fingerprint density at radius 2 is 2.11 bits per heavy atom. The van der Waals surface area contributed by atoms with Crippen LogP contribution in [0.25, 0.3) is 0 Å². The number of non-ortho nitro benzene ring substituents is 1. The number of rotatable bonds is 4. The number of hydrogen-bond donors (Lipinski definition) is 0. The Kier molecular flexibility index (Phi) is 4.80. The molecule has 0 radical (unpaired) electrons. The number of halogens is 1. The predicted molar refractivity (Wildman–Crippen MR) is 68.5 cm³/mol. The third kappa shape index (κ3) is 3.51. The second-order valence-electron chi connectivity index (χ2n) is 3.92. The fourth-order valence-corrected chi connectivity index (χ4v) is 1.77. The fourth-order valence-electron chi connectivity index (χ4n) is 1.19. The molecule has 0 N–H and O–H groups in total. The minimum absolute atomic E-state index is 0.00167. The van der Waals surface area contributed by atoms with Crippen molar-refractivity contribution in [1.29, 1.82) is 0 Å². The van der Waals surface area contributed by atoms with E-state index >= 15 is 0 Å². The minimum Gasteiger partial charge on any atom is -0.591 e. The molecule has 0 aliphatic heterocycles. The van der Waals surface area contributed by atoms with Crippen LogP contribution < -0.4 is 0 Å². The molecule has 0 saturated heterocycles. The van der Waals surface area contributed by atoms with Crippen LogP contribution in [0.15, 0.2) is 22.6 Å². The van der Waals surface area contributed by atoms with E-state index in [1.165, 1.54) is 6.92 Å². The fraction of sp³-hybridized carbons (Fsp3) is 0.364. The topological polar surface area (TPSA) is 78.6 Å². The molecule has 1 atom stereocenters. The highest BCUT2D eigenvalue weighted by Crippen LogP contribution is 2.18. The Hall–Kier alpha value is -1.47. The summed E-state index contributed by atoms with van der Waals surface area (Å²) in [4.78, 5) is 9.99. The van der Waals surface area contributed by atoms with Crippen LogP contribution in [0.5, 0.6) is 0 Å².